The average molecular weight is 465 g/mol. The number of hydrogen-bond acceptors (Lipinski definition) is 5. The van der Waals surface area contributed by atoms with Crippen molar-refractivity contribution in [2.45, 2.75) is 40.2 Å². The highest BCUT2D eigenvalue weighted by atomic mass is 16.5. The number of hydrogen-bond donors (Lipinski definition) is 1. The van der Waals surface area contributed by atoms with Gasteiger partial charge in [-0.1, -0.05) is 43.7 Å². The van der Waals surface area contributed by atoms with Crippen LogP contribution in [0.5, 0.6) is 5.75 Å². The van der Waals surface area contributed by atoms with Crippen LogP contribution in [0.4, 0.5) is 0 Å². The van der Waals surface area contributed by atoms with Gasteiger partial charge in [0.1, 0.15) is 11.5 Å². The third-order valence-electron chi connectivity index (χ3n) is 5.96. The maximum atomic E-state index is 13.2. The summed E-state index contributed by atoms with van der Waals surface area (Å²) in [6.45, 7) is 9.88. The van der Waals surface area contributed by atoms with Crippen LogP contribution in [-0.4, -0.2) is 60.4 Å². The molecule has 0 radical (unpaired) electrons. The van der Waals surface area contributed by atoms with Crippen LogP contribution in [0.2, 0.25) is 0 Å². The summed E-state index contributed by atoms with van der Waals surface area (Å²) >= 11 is 0. The number of ether oxygens (including phenoxy) is 1. The lowest BCUT2D eigenvalue weighted by Gasteiger charge is -2.26. The fraction of sp³-hybridized carbons (Fsp3) is 0.429. The van der Waals surface area contributed by atoms with Crippen molar-refractivity contribution >= 4 is 17.4 Å². The summed E-state index contributed by atoms with van der Waals surface area (Å²) in [5.74, 6) is -0.238. The number of Topliss-reactive ketones (excluding diaryl/α,β-unsaturated/α-hetero) is 1. The van der Waals surface area contributed by atoms with E-state index in [1.165, 1.54) is 0 Å². The van der Waals surface area contributed by atoms with Gasteiger partial charge in [-0.05, 0) is 76.2 Å². The zero-order valence-electron chi connectivity index (χ0n) is 21.1. The summed E-state index contributed by atoms with van der Waals surface area (Å²) in [7, 11) is 3.95. The van der Waals surface area contributed by atoms with Crippen LogP contribution in [0, 0.1) is 19.8 Å². The Morgan fingerprint density at radius 2 is 1.76 bits per heavy atom. The SMILES string of the molecule is Cc1ccc([C@@H]2/C(=C(\O)c3ccc(OCC(C)C)c(C)c3)C(=O)C(=O)N2CCCN(C)C)cc1. The van der Waals surface area contributed by atoms with E-state index in [4.69, 9.17) is 4.74 Å². The Labute approximate surface area is 202 Å². The first-order valence-corrected chi connectivity index (χ1v) is 11.8. The highest BCUT2D eigenvalue weighted by molar-refractivity contribution is 6.46. The Kier molecular flexibility index (Phi) is 8.15. The Balaban J connectivity index is 2.03. The molecule has 0 bridgehead atoms. The molecular formula is C28H36N2O4. The predicted molar refractivity (Wildman–Crippen MR) is 135 cm³/mol. The number of aryl methyl sites for hydroxylation is 2. The summed E-state index contributed by atoms with van der Waals surface area (Å²) in [6.07, 6.45) is 0.726. The second-order valence-electron chi connectivity index (χ2n) is 9.75. The average Bonchev–Trinajstić information content (AvgIpc) is 3.03. The van der Waals surface area contributed by atoms with Gasteiger partial charge in [0.25, 0.3) is 11.7 Å². The molecular weight excluding hydrogens is 428 g/mol. The van der Waals surface area contributed by atoms with E-state index >= 15 is 0 Å². The van der Waals surface area contributed by atoms with Gasteiger partial charge in [0, 0.05) is 12.1 Å². The molecule has 1 amide bonds. The van der Waals surface area contributed by atoms with Gasteiger partial charge in [0.2, 0.25) is 0 Å². The van der Waals surface area contributed by atoms with Gasteiger partial charge in [-0.25, -0.2) is 0 Å². The molecule has 0 saturated carbocycles. The standard InChI is InChI=1S/C28H36N2O4/c1-18(2)17-34-23-13-12-22(16-20(23)4)26(31)24-25(21-10-8-19(3)9-11-21)30(28(33)27(24)32)15-7-14-29(5)6/h8-13,16,18,25,31H,7,14-15,17H2,1-6H3/b26-24+/t25-/m1/s1. The molecule has 0 aliphatic carbocycles. The van der Waals surface area contributed by atoms with Gasteiger partial charge in [0.15, 0.2) is 0 Å². The number of carbonyl (C=O) groups excluding carboxylic acids is 2. The van der Waals surface area contributed by atoms with Gasteiger partial charge < -0.3 is 19.6 Å². The minimum Gasteiger partial charge on any atom is -0.507 e. The van der Waals surface area contributed by atoms with Crippen LogP contribution in [0.15, 0.2) is 48.0 Å². The molecule has 6 heteroatoms. The van der Waals surface area contributed by atoms with E-state index in [0.29, 0.717) is 24.6 Å². The van der Waals surface area contributed by atoms with Crippen molar-refractivity contribution in [3.05, 3.63) is 70.3 Å². The number of likely N-dealkylation sites (tertiary alicyclic amines) is 1. The summed E-state index contributed by atoms with van der Waals surface area (Å²) in [5.41, 5.74) is 3.38. The van der Waals surface area contributed by atoms with Crippen molar-refractivity contribution in [1.29, 1.82) is 0 Å². The lowest BCUT2D eigenvalue weighted by atomic mass is 9.94. The number of benzene rings is 2. The highest BCUT2D eigenvalue weighted by Crippen LogP contribution is 2.40. The van der Waals surface area contributed by atoms with Crippen LogP contribution in [0.3, 0.4) is 0 Å². The van der Waals surface area contributed by atoms with E-state index in [0.717, 1.165) is 35.4 Å². The van der Waals surface area contributed by atoms with Gasteiger partial charge in [0.05, 0.1) is 18.2 Å². The molecule has 2 aromatic carbocycles. The quantitative estimate of drug-likeness (QED) is 0.331. The van der Waals surface area contributed by atoms with Gasteiger partial charge >= 0.3 is 0 Å². The van der Waals surface area contributed by atoms with Crippen molar-refractivity contribution in [3.63, 3.8) is 0 Å². The van der Waals surface area contributed by atoms with Gasteiger partial charge in [-0.2, -0.15) is 0 Å². The molecule has 1 saturated heterocycles. The molecule has 0 aromatic heterocycles. The van der Waals surface area contributed by atoms with Crippen LogP contribution in [0.1, 0.15) is 48.6 Å². The van der Waals surface area contributed by atoms with Crippen molar-refractivity contribution in [3.8, 4) is 5.75 Å². The number of amides is 1. The van der Waals surface area contributed by atoms with Gasteiger partial charge in [-0.15, -0.1) is 0 Å². The topological polar surface area (TPSA) is 70.1 Å². The molecule has 34 heavy (non-hydrogen) atoms. The number of aliphatic hydroxyl groups excluding tert-OH is 1. The summed E-state index contributed by atoms with van der Waals surface area (Å²) < 4.78 is 5.85. The minimum absolute atomic E-state index is 0.133. The third-order valence-corrected chi connectivity index (χ3v) is 5.96. The maximum Gasteiger partial charge on any atom is 0.295 e. The summed E-state index contributed by atoms with van der Waals surface area (Å²) in [6, 6.07) is 12.5. The largest absolute Gasteiger partial charge is 0.507 e. The van der Waals surface area contributed by atoms with Crippen LogP contribution < -0.4 is 4.74 Å². The fourth-order valence-electron chi connectivity index (χ4n) is 4.13. The van der Waals surface area contributed by atoms with Crippen molar-refractivity contribution < 1.29 is 19.4 Å². The van der Waals surface area contributed by atoms with Crippen LogP contribution in [-0.2, 0) is 9.59 Å². The highest BCUT2D eigenvalue weighted by Gasteiger charge is 2.45. The van der Waals surface area contributed by atoms with Crippen molar-refractivity contribution in [2.75, 3.05) is 33.8 Å². The maximum absolute atomic E-state index is 13.2. The monoisotopic (exact) mass is 464 g/mol. The van der Waals surface area contributed by atoms with Crippen molar-refractivity contribution in [1.82, 2.24) is 9.80 Å². The van der Waals surface area contributed by atoms with E-state index < -0.39 is 17.7 Å². The predicted octanol–water partition coefficient (Wildman–Crippen LogP) is 4.71. The Bertz CT molecular complexity index is 1070. The summed E-state index contributed by atoms with van der Waals surface area (Å²) in [4.78, 5) is 29.8. The molecule has 1 aliphatic rings. The first kappa shape index (κ1) is 25.5. The molecule has 3 rings (SSSR count). The van der Waals surface area contributed by atoms with Crippen LogP contribution in [0.25, 0.3) is 5.76 Å². The van der Waals surface area contributed by atoms with E-state index in [9.17, 15) is 14.7 Å². The molecule has 182 valence electrons. The molecule has 1 fully saturated rings. The van der Waals surface area contributed by atoms with Crippen molar-refractivity contribution in [2.24, 2.45) is 5.92 Å². The lowest BCUT2D eigenvalue weighted by molar-refractivity contribution is -0.139. The Morgan fingerprint density at radius 3 is 2.35 bits per heavy atom. The zero-order chi connectivity index (χ0) is 25.0. The van der Waals surface area contributed by atoms with E-state index in [1.807, 2.05) is 57.1 Å². The third kappa shape index (κ3) is 5.68. The van der Waals surface area contributed by atoms with Gasteiger partial charge in [-0.3, -0.25) is 9.59 Å². The second-order valence-corrected chi connectivity index (χ2v) is 9.75. The second kappa shape index (κ2) is 10.9. The fourth-order valence-corrected chi connectivity index (χ4v) is 4.13. The molecule has 1 heterocycles. The molecule has 0 unspecified atom stereocenters. The zero-order valence-corrected chi connectivity index (χ0v) is 21.1. The molecule has 1 N–H and O–H groups in total. The molecule has 6 nitrogen and oxygen atoms in total. The number of nitrogens with zero attached hydrogens (tertiary/aromatic N) is 2. The number of carbonyl (C=O) groups is 2. The number of rotatable bonds is 9. The molecule has 2 aromatic rings. The molecule has 0 spiro atoms. The molecule has 1 aliphatic heterocycles. The summed E-state index contributed by atoms with van der Waals surface area (Å²) in [5, 5.41) is 11.3. The van der Waals surface area contributed by atoms with E-state index in [2.05, 4.69) is 13.8 Å². The Hall–Kier alpha value is -3.12. The molecule has 1 atom stereocenters. The normalized spacial score (nSPS) is 17.8. The first-order valence-electron chi connectivity index (χ1n) is 11.8. The van der Waals surface area contributed by atoms with Crippen LogP contribution >= 0.6 is 0 Å². The van der Waals surface area contributed by atoms with E-state index in [-0.39, 0.29) is 11.3 Å². The lowest BCUT2D eigenvalue weighted by Crippen LogP contribution is -2.32. The minimum atomic E-state index is -0.647. The Morgan fingerprint density at radius 1 is 1.09 bits per heavy atom. The van der Waals surface area contributed by atoms with E-state index in [1.54, 1.807) is 23.1 Å². The first-order chi connectivity index (χ1) is 16.1. The number of ketones is 1. The smallest absolute Gasteiger partial charge is 0.295 e. The number of aliphatic hydroxyl groups is 1.